The van der Waals surface area contributed by atoms with Crippen LogP contribution in [0.3, 0.4) is 0 Å². The highest BCUT2D eigenvalue weighted by molar-refractivity contribution is 5.45. The minimum atomic E-state index is 0.532. The first-order valence-corrected chi connectivity index (χ1v) is 4.03. The highest BCUT2D eigenvalue weighted by Gasteiger charge is 2.05. The van der Waals surface area contributed by atoms with Crippen molar-refractivity contribution in [2.24, 2.45) is 5.73 Å². The molecule has 12 heavy (non-hydrogen) atoms. The largest absolute Gasteiger partial charge is 0.496 e. The highest BCUT2D eigenvalue weighted by atomic mass is 16.5. The van der Waals surface area contributed by atoms with Gasteiger partial charge < -0.3 is 10.5 Å². The number of benzene rings is 1. The summed E-state index contributed by atoms with van der Waals surface area (Å²) in [7, 11) is 1.68. The van der Waals surface area contributed by atoms with Crippen molar-refractivity contribution in [1.82, 2.24) is 0 Å². The van der Waals surface area contributed by atoms with E-state index >= 15 is 0 Å². The average Bonchev–Trinajstić information content (AvgIpc) is 2.09. The molecule has 0 spiro atoms. The first-order valence-electron chi connectivity index (χ1n) is 4.03. The van der Waals surface area contributed by atoms with Crippen molar-refractivity contribution >= 4 is 0 Å². The van der Waals surface area contributed by atoms with Crippen LogP contribution in [0, 0.1) is 13.8 Å². The molecule has 0 saturated heterocycles. The lowest BCUT2D eigenvalue weighted by Crippen LogP contribution is -2.02. The summed E-state index contributed by atoms with van der Waals surface area (Å²) in [5, 5.41) is 0. The molecule has 0 saturated carbocycles. The van der Waals surface area contributed by atoms with Crippen LogP contribution in [0.25, 0.3) is 0 Å². The molecule has 0 fully saturated rings. The number of rotatable bonds is 2. The Kier molecular flexibility index (Phi) is 2.71. The predicted octanol–water partition coefficient (Wildman–Crippen LogP) is 1.77. The van der Waals surface area contributed by atoms with Gasteiger partial charge in [0.25, 0.3) is 0 Å². The third-order valence-corrected chi connectivity index (χ3v) is 2.18. The Balaban J connectivity index is 3.25. The van der Waals surface area contributed by atoms with Gasteiger partial charge in [0.2, 0.25) is 0 Å². The van der Waals surface area contributed by atoms with Gasteiger partial charge in [-0.3, -0.25) is 0 Å². The maximum Gasteiger partial charge on any atom is 0.126 e. The molecule has 0 atom stereocenters. The maximum atomic E-state index is 5.57. The van der Waals surface area contributed by atoms with Crippen LogP contribution >= 0.6 is 0 Å². The second kappa shape index (κ2) is 3.59. The Hall–Kier alpha value is -1.02. The number of hydrogen-bond donors (Lipinski definition) is 1. The SMILES string of the molecule is COc1c(CN)ccc(C)c1C. The summed E-state index contributed by atoms with van der Waals surface area (Å²) in [5.74, 6) is 0.928. The summed E-state index contributed by atoms with van der Waals surface area (Å²) in [5.41, 5.74) is 9.06. The number of hydrogen-bond acceptors (Lipinski definition) is 2. The first-order chi connectivity index (χ1) is 5.70. The van der Waals surface area contributed by atoms with Crippen molar-refractivity contribution in [2.45, 2.75) is 20.4 Å². The summed E-state index contributed by atoms with van der Waals surface area (Å²) < 4.78 is 5.27. The topological polar surface area (TPSA) is 35.2 Å². The van der Waals surface area contributed by atoms with Crippen LogP contribution < -0.4 is 10.5 Å². The maximum absolute atomic E-state index is 5.57. The minimum absolute atomic E-state index is 0.532. The molecular weight excluding hydrogens is 150 g/mol. The standard InChI is InChI=1S/C10H15NO/c1-7-4-5-9(6-11)10(12-3)8(7)2/h4-5H,6,11H2,1-3H3. The van der Waals surface area contributed by atoms with E-state index in [1.165, 1.54) is 11.1 Å². The summed E-state index contributed by atoms with van der Waals surface area (Å²) in [4.78, 5) is 0. The van der Waals surface area contributed by atoms with Crippen LogP contribution in [0.1, 0.15) is 16.7 Å². The summed E-state index contributed by atoms with van der Waals surface area (Å²) >= 11 is 0. The van der Waals surface area contributed by atoms with E-state index in [4.69, 9.17) is 10.5 Å². The van der Waals surface area contributed by atoms with Crippen molar-refractivity contribution in [3.63, 3.8) is 0 Å². The molecule has 0 radical (unpaired) electrons. The molecular formula is C10H15NO. The molecule has 1 rings (SSSR count). The molecule has 0 heterocycles. The van der Waals surface area contributed by atoms with E-state index < -0.39 is 0 Å². The van der Waals surface area contributed by atoms with Gasteiger partial charge in [-0.25, -0.2) is 0 Å². The molecule has 0 aliphatic carbocycles. The molecule has 66 valence electrons. The van der Waals surface area contributed by atoms with Crippen LogP contribution in [-0.2, 0) is 6.54 Å². The van der Waals surface area contributed by atoms with Gasteiger partial charge in [-0.15, -0.1) is 0 Å². The summed E-state index contributed by atoms with van der Waals surface area (Å²) in [6.07, 6.45) is 0. The van der Waals surface area contributed by atoms with Gasteiger partial charge in [-0.2, -0.15) is 0 Å². The van der Waals surface area contributed by atoms with Crippen LogP contribution in [0.15, 0.2) is 12.1 Å². The molecule has 0 aliphatic heterocycles. The van der Waals surface area contributed by atoms with Crippen molar-refractivity contribution in [2.75, 3.05) is 7.11 Å². The Morgan fingerprint density at radius 3 is 2.50 bits per heavy atom. The molecule has 0 aromatic heterocycles. The zero-order valence-electron chi connectivity index (χ0n) is 7.85. The fraction of sp³-hybridized carbons (Fsp3) is 0.400. The van der Waals surface area contributed by atoms with Crippen LogP contribution in [0.2, 0.25) is 0 Å². The lowest BCUT2D eigenvalue weighted by molar-refractivity contribution is 0.406. The Morgan fingerprint density at radius 1 is 1.33 bits per heavy atom. The molecule has 0 unspecified atom stereocenters. The lowest BCUT2D eigenvalue weighted by Gasteiger charge is -2.11. The van der Waals surface area contributed by atoms with E-state index in [-0.39, 0.29) is 0 Å². The molecule has 1 aromatic rings. The fourth-order valence-electron chi connectivity index (χ4n) is 1.29. The average molecular weight is 165 g/mol. The molecule has 2 nitrogen and oxygen atoms in total. The minimum Gasteiger partial charge on any atom is -0.496 e. The third kappa shape index (κ3) is 1.43. The van der Waals surface area contributed by atoms with Crippen LogP contribution in [0.5, 0.6) is 5.75 Å². The van der Waals surface area contributed by atoms with Gasteiger partial charge in [-0.1, -0.05) is 12.1 Å². The number of methoxy groups -OCH3 is 1. The van der Waals surface area contributed by atoms with Gasteiger partial charge in [0.05, 0.1) is 7.11 Å². The molecule has 2 heteroatoms. The number of aryl methyl sites for hydroxylation is 1. The normalized spacial score (nSPS) is 10.0. The van der Waals surface area contributed by atoms with Gasteiger partial charge in [0, 0.05) is 12.1 Å². The Bertz CT molecular complexity index is 281. The van der Waals surface area contributed by atoms with E-state index in [2.05, 4.69) is 13.0 Å². The second-order valence-corrected chi connectivity index (χ2v) is 2.90. The fourth-order valence-corrected chi connectivity index (χ4v) is 1.29. The molecule has 0 bridgehead atoms. The Morgan fingerprint density at radius 2 is 2.00 bits per heavy atom. The van der Waals surface area contributed by atoms with Gasteiger partial charge in [0.15, 0.2) is 0 Å². The van der Waals surface area contributed by atoms with Crippen molar-refractivity contribution in [1.29, 1.82) is 0 Å². The van der Waals surface area contributed by atoms with Gasteiger partial charge >= 0.3 is 0 Å². The lowest BCUT2D eigenvalue weighted by atomic mass is 10.0. The molecule has 0 aliphatic rings. The zero-order chi connectivity index (χ0) is 9.14. The smallest absolute Gasteiger partial charge is 0.126 e. The van der Waals surface area contributed by atoms with Crippen molar-refractivity contribution in [3.8, 4) is 5.75 Å². The number of ether oxygens (including phenoxy) is 1. The van der Waals surface area contributed by atoms with E-state index in [0.717, 1.165) is 11.3 Å². The van der Waals surface area contributed by atoms with Gasteiger partial charge in [0.1, 0.15) is 5.75 Å². The number of nitrogens with two attached hydrogens (primary N) is 1. The molecule has 1 aromatic carbocycles. The van der Waals surface area contributed by atoms with E-state index in [1.54, 1.807) is 7.11 Å². The third-order valence-electron chi connectivity index (χ3n) is 2.18. The van der Waals surface area contributed by atoms with Crippen LogP contribution in [-0.4, -0.2) is 7.11 Å². The first kappa shape index (κ1) is 9.07. The molecule has 0 amide bonds. The van der Waals surface area contributed by atoms with E-state index in [9.17, 15) is 0 Å². The zero-order valence-corrected chi connectivity index (χ0v) is 7.85. The van der Waals surface area contributed by atoms with E-state index in [1.807, 2.05) is 13.0 Å². The second-order valence-electron chi connectivity index (χ2n) is 2.90. The summed E-state index contributed by atoms with van der Waals surface area (Å²) in [6, 6.07) is 4.08. The van der Waals surface area contributed by atoms with Crippen molar-refractivity contribution in [3.05, 3.63) is 28.8 Å². The van der Waals surface area contributed by atoms with Gasteiger partial charge in [-0.05, 0) is 25.0 Å². The predicted molar refractivity (Wildman–Crippen MR) is 50.4 cm³/mol. The van der Waals surface area contributed by atoms with Crippen molar-refractivity contribution < 1.29 is 4.74 Å². The Labute approximate surface area is 73.3 Å². The monoisotopic (exact) mass is 165 g/mol. The quantitative estimate of drug-likeness (QED) is 0.724. The van der Waals surface area contributed by atoms with Crippen LogP contribution in [0.4, 0.5) is 0 Å². The van der Waals surface area contributed by atoms with E-state index in [0.29, 0.717) is 6.54 Å². The molecule has 2 N–H and O–H groups in total. The summed E-state index contributed by atoms with van der Waals surface area (Å²) in [6.45, 7) is 4.65. The highest BCUT2D eigenvalue weighted by Crippen LogP contribution is 2.25.